The van der Waals surface area contributed by atoms with Crippen LogP contribution in [0.15, 0.2) is 84.9 Å². The Kier molecular flexibility index (Phi) is 4.75. The van der Waals surface area contributed by atoms with Crippen LogP contribution in [0, 0.1) is 0 Å². The number of hydrogen-bond donors (Lipinski definition) is 0. The number of benzene rings is 3. The highest BCUT2D eigenvalue weighted by atomic mass is 16.5. The molecule has 1 atom stereocenters. The van der Waals surface area contributed by atoms with Gasteiger partial charge in [-0.25, -0.2) is 4.79 Å². The number of carbonyl (C=O) groups excluding carboxylic acids is 1. The van der Waals surface area contributed by atoms with E-state index in [0.29, 0.717) is 6.54 Å². The Hall–Kier alpha value is -3.33. The van der Waals surface area contributed by atoms with Crippen LogP contribution in [0.4, 0.5) is 4.79 Å². The first-order valence-electron chi connectivity index (χ1n) is 9.02. The van der Waals surface area contributed by atoms with Crippen LogP contribution in [-0.4, -0.2) is 18.1 Å². The summed E-state index contributed by atoms with van der Waals surface area (Å²) >= 11 is 0. The standard InChI is InChI=1S/C24H21NO2/c1-27-24(26)25-17-21-15-9-8-14-20(21)16-22(18-10-4-2-5-11-18)23(25)19-12-6-3-7-13-19/h2-16,23H,17H2,1H3. The minimum absolute atomic E-state index is 0.228. The third-order valence-corrected chi connectivity index (χ3v) is 4.94. The van der Waals surface area contributed by atoms with Crippen molar-refractivity contribution in [3.63, 3.8) is 0 Å². The van der Waals surface area contributed by atoms with Crippen LogP contribution in [0.25, 0.3) is 11.6 Å². The number of ether oxygens (including phenoxy) is 1. The van der Waals surface area contributed by atoms with Gasteiger partial charge in [0, 0.05) is 0 Å². The second-order valence-electron chi connectivity index (χ2n) is 6.58. The van der Waals surface area contributed by atoms with Gasteiger partial charge in [-0.15, -0.1) is 0 Å². The molecule has 0 spiro atoms. The van der Waals surface area contributed by atoms with E-state index in [0.717, 1.165) is 27.8 Å². The quantitative estimate of drug-likeness (QED) is 0.603. The minimum Gasteiger partial charge on any atom is -0.453 e. The van der Waals surface area contributed by atoms with Gasteiger partial charge in [0.25, 0.3) is 0 Å². The van der Waals surface area contributed by atoms with Gasteiger partial charge in [0.05, 0.1) is 19.7 Å². The molecule has 1 aliphatic heterocycles. The summed E-state index contributed by atoms with van der Waals surface area (Å²) in [6, 6.07) is 28.3. The van der Waals surface area contributed by atoms with E-state index in [4.69, 9.17) is 4.74 Å². The van der Waals surface area contributed by atoms with Gasteiger partial charge in [-0.05, 0) is 33.9 Å². The third kappa shape index (κ3) is 3.36. The largest absolute Gasteiger partial charge is 0.453 e. The van der Waals surface area contributed by atoms with Gasteiger partial charge in [0.1, 0.15) is 0 Å². The second-order valence-corrected chi connectivity index (χ2v) is 6.58. The van der Waals surface area contributed by atoms with Gasteiger partial charge in [0.2, 0.25) is 0 Å². The maximum absolute atomic E-state index is 12.8. The van der Waals surface area contributed by atoms with Crippen molar-refractivity contribution in [1.82, 2.24) is 4.90 Å². The summed E-state index contributed by atoms with van der Waals surface area (Å²) in [5.41, 5.74) is 5.47. The van der Waals surface area contributed by atoms with Crippen LogP contribution >= 0.6 is 0 Å². The molecule has 1 aliphatic rings. The van der Waals surface area contributed by atoms with Crippen LogP contribution in [0.2, 0.25) is 0 Å². The fourth-order valence-corrected chi connectivity index (χ4v) is 3.66. The van der Waals surface area contributed by atoms with E-state index >= 15 is 0 Å². The molecule has 0 saturated heterocycles. The zero-order valence-electron chi connectivity index (χ0n) is 15.2. The molecule has 0 saturated carbocycles. The van der Waals surface area contributed by atoms with Gasteiger partial charge < -0.3 is 4.74 Å². The van der Waals surface area contributed by atoms with E-state index < -0.39 is 0 Å². The highest BCUT2D eigenvalue weighted by molar-refractivity contribution is 5.89. The van der Waals surface area contributed by atoms with E-state index in [-0.39, 0.29) is 12.1 Å². The molecule has 3 nitrogen and oxygen atoms in total. The van der Waals surface area contributed by atoms with Crippen molar-refractivity contribution in [3.05, 3.63) is 107 Å². The lowest BCUT2D eigenvalue weighted by Crippen LogP contribution is -2.34. The van der Waals surface area contributed by atoms with E-state index in [9.17, 15) is 4.79 Å². The van der Waals surface area contributed by atoms with E-state index in [1.165, 1.54) is 7.11 Å². The fraction of sp³-hybridized carbons (Fsp3) is 0.125. The SMILES string of the molecule is COC(=O)N1Cc2ccccc2C=C(c2ccccc2)C1c1ccccc1. The molecule has 3 aromatic rings. The molecule has 0 radical (unpaired) electrons. The second kappa shape index (κ2) is 7.50. The Morgan fingerprint density at radius 3 is 2.22 bits per heavy atom. The Bertz CT molecular complexity index is 964. The summed E-state index contributed by atoms with van der Waals surface area (Å²) in [7, 11) is 1.44. The smallest absolute Gasteiger partial charge is 0.410 e. The number of hydrogen-bond acceptors (Lipinski definition) is 2. The molecule has 3 aromatic carbocycles. The summed E-state index contributed by atoms with van der Waals surface area (Å²) in [6.45, 7) is 0.495. The number of rotatable bonds is 2. The van der Waals surface area contributed by atoms with Crippen molar-refractivity contribution >= 4 is 17.7 Å². The minimum atomic E-state index is -0.331. The predicted octanol–water partition coefficient (Wildman–Crippen LogP) is 5.55. The Balaban J connectivity index is 1.96. The van der Waals surface area contributed by atoms with Crippen LogP contribution in [0.1, 0.15) is 28.3 Å². The van der Waals surface area contributed by atoms with Crippen molar-refractivity contribution in [2.24, 2.45) is 0 Å². The highest BCUT2D eigenvalue weighted by Crippen LogP contribution is 2.40. The zero-order valence-corrected chi connectivity index (χ0v) is 15.2. The number of nitrogens with zero attached hydrogens (tertiary/aromatic N) is 1. The number of carbonyl (C=O) groups is 1. The topological polar surface area (TPSA) is 29.5 Å². The summed E-state index contributed by atoms with van der Waals surface area (Å²) in [6.07, 6.45) is 1.87. The lowest BCUT2D eigenvalue weighted by atomic mass is 9.91. The number of methoxy groups -OCH3 is 1. The van der Waals surface area contributed by atoms with Crippen molar-refractivity contribution in [1.29, 1.82) is 0 Å². The summed E-state index contributed by atoms with van der Waals surface area (Å²) in [5, 5.41) is 0. The molecular weight excluding hydrogens is 334 g/mol. The fourth-order valence-electron chi connectivity index (χ4n) is 3.66. The third-order valence-electron chi connectivity index (χ3n) is 4.94. The first kappa shape index (κ1) is 17.1. The van der Waals surface area contributed by atoms with Crippen LogP contribution < -0.4 is 0 Å². The molecule has 134 valence electrons. The monoisotopic (exact) mass is 355 g/mol. The van der Waals surface area contributed by atoms with Gasteiger partial charge in [-0.1, -0.05) is 84.9 Å². The first-order chi connectivity index (χ1) is 13.3. The van der Waals surface area contributed by atoms with E-state index in [1.54, 1.807) is 4.90 Å². The van der Waals surface area contributed by atoms with Crippen molar-refractivity contribution in [2.45, 2.75) is 12.6 Å². The molecule has 27 heavy (non-hydrogen) atoms. The van der Waals surface area contributed by atoms with Crippen molar-refractivity contribution in [2.75, 3.05) is 7.11 Å². The first-order valence-corrected chi connectivity index (χ1v) is 9.02. The lowest BCUT2D eigenvalue weighted by molar-refractivity contribution is 0.112. The molecule has 1 amide bonds. The van der Waals surface area contributed by atoms with Gasteiger partial charge >= 0.3 is 6.09 Å². The predicted molar refractivity (Wildman–Crippen MR) is 108 cm³/mol. The van der Waals surface area contributed by atoms with Crippen LogP contribution in [-0.2, 0) is 11.3 Å². The summed E-state index contributed by atoms with van der Waals surface area (Å²) < 4.78 is 5.16. The molecule has 3 heteroatoms. The van der Waals surface area contributed by atoms with Gasteiger partial charge in [-0.3, -0.25) is 4.90 Å². The lowest BCUT2D eigenvalue weighted by Gasteiger charge is -2.32. The van der Waals surface area contributed by atoms with Crippen LogP contribution in [0.5, 0.6) is 0 Å². The Morgan fingerprint density at radius 2 is 1.52 bits per heavy atom. The molecule has 0 bridgehead atoms. The molecule has 0 fully saturated rings. The molecular formula is C24H21NO2. The van der Waals surface area contributed by atoms with Crippen molar-refractivity contribution < 1.29 is 9.53 Å². The van der Waals surface area contributed by atoms with Gasteiger partial charge in [-0.2, -0.15) is 0 Å². The maximum atomic E-state index is 12.8. The Morgan fingerprint density at radius 1 is 0.889 bits per heavy atom. The van der Waals surface area contributed by atoms with Crippen molar-refractivity contribution in [3.8, 4) is 0 Å². The molecule has 4 rings (SSSR count). The maximum Gasteiger partial charge on any atom is 0.410 e. The van der Waals surface area contributed by atoms with E-state index in [1.807, 2.05) is 48.5 Å². The van der Waals surface area contributed by atoms with Crippen LogP contribution in [0.3, 0.4) is 0 Å². The van der Waals surface area contributed by atoms with Gasteiger partial charge in [0.15, 0.2) is 0 Å². The summed E-state index contributed by atoms with van der Waals surface area (Å²) in [4.78, 5) is 14.6. The normalized spacial score (nSPS) is 16.1. The molecule has 0 aromatic heterocycles. The molecule has 0 N–H and O–H groups in total. The average Bonchev–Trinajstić information content (AvgIpc) is 2.91. The van der Waals surface area contributed by atoms with E-state index in [2.05, 4.69) is 42.5 Å². The Labute approximate surface area is 159 Å². The summed E-state index contributed by atoms with van der Waals surface area (Å²) in [5.74, 6) is 0. The number of fused-ring (bicyclic) bond motifs is 1. The molecule has 0 aliphatic carbocycles. The highest BCUT2D eigenvalue weighted by Gasteiger charge is 2.32. The average molecular weight is 355 g/mol. The molecule has 1 unspecified atom stereocenters. The zero-order chi connectivity index (χ0) is 18.6. The number of amides is 1. The molecule has 1 heterocycles.